The molecule has 2 aromatic rings. The Kier molecular flexibility index (Phi) is 7.01. The standard InChI is InChI=1S/C19H20BrNO4/c1-13(15-6-8-16(20)9-7-15)21-18(22)12-25-19(23)11-14-4-3-5-17(10-14)24-2/h3-10,13H,11-12H2,1-2H3,(H,21,22)/t13-/m0/s1. The Bertz CT molecular complexity index is 730. The van der Waals surface area contributed by atoms with Crippen LogP contribution in [0, 0.1) is 0 Å². The second kappa shape index (κ2) is 9.22. The highest BCUT2D eigenvalue weighted by atomic mass is 79.9. The van der Waals surface area contributed by atoms with Crippen LogP contribution in [-0.4, -0.2) is 25.6 Å². The van der Waals surface area contributed by atoms with Crippen molar-refractivity contribution in [2.24, 2.45) is 0 Å². The largest absolute Gasteiger partial charge is 0.497 e. The highest BCUT2D eigenvalue weighted by Gasteiger charge is 2.12. The van der Waals surface area contributed by atoms with Gasteiger partial charge < -0.3 is 14.8 Å². The van der Waals surface area contributed by atoms with Crippen molar-refractivity contribution >= 4 is 27.8 Å². The maximum absolute atomic E-state index is 11.9. The van der Waals surface area contributed by atoms with Crippen LogP contribution in [-0.2, 0) is 20.7 Å². The van der Waals surface area contributed by atoms with Crippen molar-refractivity contribution < 1.29 is 19.1 Å². The van der Waals surface area contributed by atoms with Crippen molar-refractivity contribution in [2.45, 2.75) is 19.4 Å². The summed E-state index contributed by atoms with van der Waals surface area (Å²) in [4.78, 5) is 23.8. The van der Waals surface area contributed by atoms with E-state index < -0.39 is 5.97 Å². The lowest BCUT2D eigenvalue weighted by molar-refractivity contribution is -0.148. The minimum absolute atomic E-state index is 0.0900. The van der Waals surface area contributed by atoms with Crippen LogP contribution in [0.15, 0.2) is 53.0 Å². The van der Waals surface area contributed by atoms with E-state index in [9.17, 15) is 9.59 Å². The number of rotatable bonds is 7. The van der Waals surface area contributed by atoms with Crippen LogP contribution in [0.3, 0.4) is 0 Å². The first-order valence-corrected chi connectivity index (χ1v) is 8.60. The molecule has 0 fully saturated rings. The zero-order valence-corrected chi connectivity index (χ0v) is 15.7. The number of ether oxygens (including phenoxy) is 2. The zero-order chi connectivity index (χ0) is 18.2. The first-order valence-electron chi connectivity index (χ1n) is 7.81. The van der Waals surface area contributed by atoms with Gasteiger partial charge >= 0.3 is 5.97 Å². The first-order chi connectivity index (χ1) is 12.0. The van der Waals surface area contributed by atoms with Gasteiger partial charge in [-0.2, -0.15) is 0 Å². The minimum Gasteiger partial charge on any atom is -0.497 e. The molecule has 0 saturated carbocycles. The Labute approximate surface area is 155 Å². The smallest absolute Gasteiger partial charge is 0.310 e. The molecule has 0 bridgehead atoms. The molecule has 5 nitrogen and oxygen atoms in total. The summed E-state index contributed by atoms with van der Waals surface area (Å²) < 4.78 is 11.1. The van der Waals surface area contributed by atoms with E-state index in [2.05, 4.69) is 21.2 Å². The van der Waals surface area contributed by atoms with E-state index in [0.29, 0.717) is 5.75 Å². The van der Waals surface area contributed by atoms with Crippen molar-refractivity contribution in [2.75, 3.05) is 13.7 Å². The van der Waals surface area contributed by atoms with Gasteiger partial charge in [0.15, 0.2) is 6.61 Å². The molecule has 1 amide bonds. The fourth-order valence-electron chi connectivity index (χ4n) is 2.26. The zero-order valence-electron chi connectivity index (χ0n) is 14.1. The number of hydrogen-bond acceptors (Lipinski definition) is 4. The van der Waals surface area contributed by atoms with E-state index in [-0.39, 0.29) is 25.0 Å². The second-order valence-corrected chi connectivity index (χ2v) is 6.45. The summed E-state index contributed by atoms with van der Waals surface area (Å²) in [6, 6.07) is 14.7. The van der Waals surface area contributed by atoms with Crippen molar-refractivity contribution in [1.82, 2.24) is 5.32 Å². The molecule has 0 unspecified atom stereocenters. The molecular formula is C19H20BrNO4. The van der Waals surface area contributed by atoms with Crippen LogP contribution in [0.1, 0.15) is 24.1 Å². The van der Waals surface area contributed by atoms with Crippen LogP contribution in [0.2, 0.25) is 0 Å². The third-order valence-electron chi connectivity index (χ3n) is 3.59. The monoisotopic (exact) mass is 405 g/mol. The normalized spacial score (nSPS) is 11.5. The maximum atomic E-state index is 11.9. The number of carbonyl (C=O) groups is 2. The van der Waals surface area contributed by atoms with E-state index in [0.717, 1.165) is 15.6 Å². The van der Waals surface area contributed by atoms with Gasteiger partial charge in [0.1, 0.15) is 5.75 Å². The van der Waals surface area contributed by atoms with E-state index >= 15 is 0 Å². The maximum Gasteiger partial charge on any atom is 0.310 e. The summed E-state index contributed by atoms with van der Waals surface area (Å²) in [7, 11) is 1.56. The van der Waals surface area contributed by atoms with Gasteiger partial charge in [-0.1, -0.05) is 40.2 Å². The number of carbonyl (C=O) groups excluding carboxylic acids is 2. The lowest BCUT2D eigenvalue weighted by Gasteiger charge is -2.14. The van der Waals surface area contributed by atoms with Crippen LogP contribution < -0.4 is 10.1 Å². The van der Waals surface area contributed by atoms with Crippen LogP contribution in [0.25, 0.3) is 0 Å². The molecule has 6 heteroatoms. The van der Waals surface area contributed by atoms with E-state index in [1.54, 1.807) is 31.4 Å². The Hall–Kier alpha value is -2.34. The van der Waals surface area contributed by atoms with Gasteiger partial charge in [-0.05, 0) is 42.3 Å². The number of hydrogen-bond donors (Lipinski definition) is 1. The van der Waals surface area contributed by atoms with Crippen molar-refractivity contribution in [3.8, 4) is 5.75 Å². The summed E-state index contributed by atoms with van der Waals surface area (Å²) in [5.41, 5.74) is 1.74. The van der Waals surface area contributed by atoms with Crippen molar-refractivity contribution in [3.05, 3.63) is 64.1 Å². The Balaban J connectivity index is 1.78. The third-order valence-corrected chi connectivity index (χ3v) is 4.12. The number of methoxy groups -OCH3 is 1. The van der Waals surface area contributed by atoms with Gasteiger partial charge in [0, 0.05) is 4.47 Å². The van der Waals surface area contributed by atoms with Gasteiger partial charge in [0.25, 0.3) is 5.91 Å². The average Bonchev–Trinajstić information content (AvgIpc) is 2.60. The van der Waals surface area contributed by atoms with Gasteiger partial charge in [-0.25, -0.2) is 0 Å². The molecular weight excluding hydrogens is 386 g/mol. The highest BCUT2D eigenvalue weighted by Crippen LogP contribution is 2.16. The highest BCUT2D eigenvalue weighted by molar-refractivity contribution is 9.10. The molecule has 0 spiro atoms. The van der Waals surface area contributed by atoms with Gasteiger partial charge in [0.2, 0.25) is 0 Å². The number of amides is 1. The summed E-state index contributed by atoms with van der Waals surface area (Å²) in [5.74, 6) is -0.125. The molecule has 0 saturated heterocycles. The van der Waals surface area contributed by atoms with Gasteiger partial charge in [-0.15, -0.1) is 0 Å². The molecule has 2 rings (SSSR count). The molecule has 0 heterocycles. The lowest BCUT2D eigenvalue weighted by Crippen LogP contribution is -2.31. The molecule has 0 aliphatic rings. The van der Waals surface area contributed by atoms with Crippen LogP contribution in [0.5, 0.6) is 5.75 Å². The van der Waals surface area contributed by atoms with Gasteiger partial charge in [0.05, 0.1) is 19.6 Å². The number of halogens is 1. The summed E-state index contributed by atoms with van der Waals surface area (Å²) >= 11 is 3.37. The van der Waals surface area contributed by atoms with E-state index in [1.165, 1.54) is 0 Å². The van der Waals surface area contributed by atoms with Crippen molar-refractivity contribution in [1.29, 1.82) is 0 Å². The van der Waals surface area contributed by atoms with Crippen LogP contribution in [0.4, 0.5) is 0 Å². The quantitative estimate of drug-likeness (QED) is 0.716. The number of esters is 1. The molecule has 25 heavy (non-hydrogen) atoms. The molecule has 132 valence electrons. The van der Waals surface area contributed by atoms with Crippen molar-refractivity contribution in [3.63, 3.8) is 0 Å². The summed E-state index contributed by atoms with van der Waals surface area (Å²) in [5, 5.41) is 2.80. The minimum atomic E-state index is -0.459. The SMILES string of the molecule is COc1cccc(CC(=O)OCC(=O)N[C@@H](C)c2ccc(Br)cc2)c1. The molecule has 1 N–H and O–H groups in total. The Morgan fingerprint density at radius 3 is 2.56 bits per heavy atom. The molecule has 0 aliphatic carbocycles. The predicted molar refractivity (Wildman–Crippen MR) is 98.4 cm³/mol. The molecule has 0 radical (unpaired) electrons. The number of nitrogens with one attached hydrogen (secondary N) is 1. The predicted octanol–water partition coefficient (Wildman–Crippen LogP) is 3.42. The molecule has 0 aliphatic heterocycles. The summed E-state index contributed by atoms with van der Waals surface area (Å²) in [6.07, 6.45) is 0.0900. The van der Waals surface area contributed by atoms with E-state index in [4.69, 9.17) is 9.47 Å². The Morgan fingerprint density at radius 1 is 1.16 bits per heavy atom. The van der Waals surface area contributed by atoms with Gasteiger partial charge in [-0.3, -0.25) is 9.59 Å². The molecule has 1 atom stereocenters. The second-order valence-electron chi connectivity index (χ2n) is 5.53. The Morgan fingerprint density at radius 2 is 1.88 bits per heavy atom. The van der Waals surface area contributed by atoms with Crippen LogP contribution >= 0.6 is 15.9 Å². The third kappa shape index (κ3) is 6.23. The molecule has 2 aromatic carbocycles. The van der Waals surface area contributed by atoms with E-state index in [1.807, 2.05) is 31.2 Å². The lowest BCUT2D eigenvalue weighted by atomic mass is 10.1. The number of benzene rings is 2. The fraction of sp³-hybridized carbons (Fsp3) is 0.263. The average molecular weight is 406 g/mol. The topological polar surface area (TPSA) is 64.6 Å². The fourth-order valence-corrected chi connectivity index (χ4v) is 2.53. The summed E-state index contributed by atoms with van der Waals surface area (Å²) in [6.45, 7) is 1.57. The first kappa shape index (κ1) is 19.0. The molecule has 0 aromatic heterocycles.